The van der Waals surface area contributed by atoms with E-state index in [1.54, 1.807) is 0 Å². The number of benzene rings is 1. The van der Waals surface area contributed by atoms with Gasteiger partial charge in [0.1, 0.15) is 0 Å². The highest BCUT2D eigenvalue weighted by Gasteiger charge is 2.11. The van der Waals surface area contributed by atoms with E-state index in [2.05, 4.69) is 31.1 Å². The van der Waals surface area contributed by atoms with Gasteiger partial charge in [-0.25, -0.2) is 4.68 Å². The molecule has 3 nitrogen and oxygen atoms in total. The number of hydrogen-bond acceptors (Lipinski definition) is 2. The zero-order valence-electron chi connectivity index (χ0n) is 10.2. The van der Waals surface area contributed by atoms with Crippen LogP contribution in [0.1, 0.15) is 22.5 Å². The van der Waals surface area contributed by atoms with Gasteiger partial charge in [0.25, 0.3) is 0 Å². The lowest BCUT2D eigenvalue weighted by Crippen LogP contribution is -2.02. The average Bonchev–Trinajstić information content (AvgIpc) is 2.50. The molecule has 2 aromatic rings. The number of aromatic nitrogens is 2. The van der Waals surface area contributed by atoms with E-state index in [1.807, 2.05) is 24.6 Å². The molecule has 0 aliphatic rings. The fourth-order valence-electron chi connectivity index (χ4n) is 1.85. The molecule has 1 heterocycles. The minimum Gasteiger partial charge on any atom is -0.396 e. The lowest BCUT2D eigenvalue weighted by Gasteiger charge is -2.10. The van der Waals surface area contributed by atoms with Crippen molar-refractivity contribution in [1.82, 2.24) is 9.78 Å². The van der Waals surface area contributed by atoms with Gasteiger partial charge in [-0.05, 0) is 44.9 Å². The Morgan fingerprint density at radius 3 is 2.38 bits per heavy atom. The van der Waals surface area contributed by atoms with E-state index in [9.17, 15) is 0 Å². The molecular weight excluding hydrogens is 198 g/mol. The van der Waals surface area contributed by atoms with Crippen LogP contribution in [0.3, 0.4) is 0 Å². The van der Waals surface area contributed by atoms with E-state index < -0.39 is 0 Å². The Labute approximate surface area is 95.9 Å². The number of nitrogen functional groups attached to an aromatic ring is 1. The first kappa shape index (κ1) is 10.7. The first-order valence-corrected chi connectivity index (χ1v) is 5.40. The summed E-state index contributed by atoms with van der Waals surface area (Å²) >= 11 is 0. The van der Waals surface area contributed by atoms with Gasteiger partial charge in [0.2, 0.25) is 0 Å². The van der Waals surface area contributed by atoms with E-state index >= 15 is 0 Å². The van der Waals surface area contributed by atoms with Crippen LogP contribution >= 0.6 is 0 Å². The van der Waals surface area contributed by atoms with Gasteiger partial charge >= 0.3 is 0 Å². The summed E-state index contributed by atoms with van der Waals surface area (Å²) in [6, 6.07) is 6.22. The molecule has 1 aromatic heterocycles. The first-order chi connectivity index (χ1) is 7.52. The fraction of sp³-hybridized carbons (Fsp3) is 0.308. The SMILES string of the molecule is Cc1cccc(-n2nc(C)c(N)c2C)c1C. The van der Waals surface area contributed by atoms with Gasteiger partial charge < -0.3 is 5.73 Å². The molecule has 0 fully saturated rings. The van der Waals surface area contributed by atoms with Crippen molar-refractivity contribution >= 4 is 5.69 Å². The molecule has 1 aromatic carbocycles. The summed E-state index contributed by atoms with van der Waals surface area (Å²) in [6.45, 7) is 8.15. The summed E-state index contributed by atoms with van der Waals surface area (Å²) in [5.41, 5.74) is 12.2. The third kappa shape index (κ3) is 1.48. The van der Waals surface area contributed by atoms with Crippen molar-refractivity contribution in [1.29, 1.82) is 0 Å². The molecule has 0 unspecified atom stereocenters. The van der Waals surface area contributed by atoms with Crippen LogP contribution < -0.4 is 5.73 Å². The molecule has 0 spiro atoms. The van der Waals surface area contributed by atoms with Crippen molar-refractivity contribution < 1.29 is 0 Å². The van der Waals surface area contributed by atoms with Crippen LogP contribution in [0.25, 0.3) is 5.69 Å². The molecule has 0 saturated heterocycles. The number of rotatable bonds is 1. The maximum Gasteiger partial charge on any atom is 0.0830 e. The van der Waals surface area contributed by atoms with Crippen LogP contribution in [0.15, 0.2) is 18.2 Å². The van der Waals surface area contributed by atoms with Crippen LogP contribution in [0.4, 0.5) is 5.69 Å². The second-order valence-electron chi connectivity index (χ2n) is 4.22. The molecule has 0 radical (unpaired) electrons. The minimum atomic E-state index is 0.779. The maximum absolute atomic E-state index is 5.94. The number of hydrogen-bond donors (Lipinski definition) is 1. The van der Waals surface area contributed by atoms with Crippen molar-refractivity contribution in [2.75, 3.05) is 5.73 Å². The van der Waals surface area contributed by atoms with Gasteiger partial charge in [0, 0.05) is 0 Å². The Kier molecular flexibility index (Phi) is 2.46. The maximum atomic E-state index is 5.94. The van der Waals surface area contributed by atoms with Gasteiger partial charge in [0.05, 0.1) is 22.8 Å². The van der Waals surface area contributed by atoms with Gasteiger partial charge in [-0.2, -0.15) is 5.10 Å². The van der Waals surface area contributed by atoms with Crippen LogP contribution in [-0.2, 0) is 0 Å². The molecule has 0 atom stereocenters. The quantitative estimate of drug-likeness (QED) is 0.794. The molecule has 2 N–H and O–H groups in total. The van der Waals surface area contributed by atoms with Crippen molar-refractivity contribution in [3.8, 4) is 5.69 Å². The summed E-state index contributed by atoms with van der Waals surface area (Å²) in [5, 5.41) is 4.47. The van der Waals surface area contributed by atoms with Crippen LogP contribution in [0.5, 0.6) is 0 Å². The number of anilines is 1. The molecule has 0 aliphatic carbocycles. The molecule has 16 heavy (non-hydrogen) atoms. The van der Waals surface area contributed by atoms with Crippen molar-refractivity contribution in [3.63, 3.8) is 0 Å². The zero-order valence-corrected chi connectivity index (χ0v) is 10.2. The topological polar surface area (TPSA) is 43.8 Å². The highest BCUT2D eigenvalue weighted by atomic mass is 15.3. The van der Waals surface area contributed by atoms with Gasteiger partial charge in [-0.1, -0.05) is 12.1 Å². The third-order valence-electron chi connectivity index (χ3n) is 3.15. The van der Waals surface area contributed by atoms with Gasteiger partial charge in [0.15, 0.2) is 0 Å². The normalized spacial score (nSPS) is 10.8. The Morgan fingerprint density at radius 2 is 1.81 bits per heavy atom. The third-order valence-corrected chi connectivity index (χ3v) is 3.15. The molecule has 0 amide bonds. The van der Waals surface area contributed by atoms with Crippen molar-refractivity contribution in [3.05, 3.63) is 40.7 Å². The highest BCUT2D eigenvalue weighted by Crippen LogP contribution is 2.23. The monoisotopic (exact) mass is 215 g/mol. The summed E-state index contributed by atoms with van der Waals surface area (Å²) in [4.78, 5) is 0. The van der Waals surface area contributed by atoms with Gasteiger partial charge in [-0.3, -0.25) is 0 Å². The number of nitrogens with two attached hydrogens (primary N) is 1. The van der Waals surface area contributed by atoms with E-state index in [0.717, 1.165) is 22.8 Å². The van der Waals surface area contributed by atoms with Crippen LogP contribution in [0.2, 0.25) is 0 Å². The van der Waals surface area contributed by atoms with Crippen molar-refractivity contribution in [2.45, 2.75) is 27.7 Å². The molecule has 0 saturated carbocycles. The van der Waals surface area contributed by atoms with E-state index in [4.69, 9.17) is 5.73 Å². The summed E-state index contributed by atoms with van der Waals surface area (Å²) in [6.07, 6.45) is 0. The minimum absolute atomic E-state index is 0.779. The first-order valence-electron chi connectivity index (χ1n) is 5.40. The Hall–Kier alpha value is -1.77. The fourth-order valence-corrected chi connectivity index (χ4v) is 1.85. The van der Waals surface area contributed by atoms with E-state index in [0.29, 0.717) is 0 Å². The lowest BCUT2D eigenvalue weighted by molar-refractivity contribution is 0.826. The Morgan fingerprint density at radius 1 is 1.12 bits per heavy atom. The second-order valence-corrected chi connectivity index (χ2v) is 4.22. The van der Waals surface area contributed by atoms with Crippen LogP contribution in [0, 0.1) is 27.7 Å². The van der Waals surface area contributed by atoms with Crippen molar-refractivity contribution in [2.24, 2.45) is 0 Å². The smallest absolute Gasteiger partial charge is 0.0830 e. The molecule has 84 valence electrons. The zero-order chi connectivity index (χ0) is 11.9. The second kappa shape index (κ2) is 3.67. The molecule has 0 aliphatic heterocycles. The largest absolute Gasteiger partial charge is 0.396 e. The standard InChI is InChI=1S/C13H17N3/c1-8-6-5-7-12(9(8)2)16-11(4)13(14)10(3)15-16/h5-7H,14H2,1-4H3. The lowest BCUT2D eigenvalue weighted by atomic mass is 10.1. The summed E-state index contributed by atoms with van der Waals surface area (Å²) in [7, 11) is 0. The Bertz CT molecular complexity index is 538. The highest BCUT2D eigenvalue weighted by molar-refractivity contribution is 5.53. The average molecular weight is 215 g/mol. The number of aryl methyl sites for hydroxylation is 2. The van der Waals surface area contributed by atoms with Gasteiger partial charge in [-0.15, -0.1) is 0 Å². The summed E-state index contributed by atoms with van der Waals surface area (Å²) in [5.74, 6) is 0. The molecule has 2 rings (SSSR count). The predicted molar refractivity (Wildman–Crippen MR) is 66.9 cm³/mol. The number of nitrogens with zero attached hydrogens (tertiary/aromatic N) is 2. The van der Waals surface area contributed by atoms with Crippen LogP contribution in [-0.4, -0.2) is 9.78 Å². The van der Waals surface area contributed by atoms with E-state index in [1.165, 1.54) is 11.1 Å². The van der Waals surface area contributed by atoms with E-state index in [-0.39, 0.29) is 0 Å². The predicted octanol–water partition coefficient (Wildman–Crippen LogP) is 2.69. The Balaban J connectivity index is 2.68. The molecule has 3 heteroatoms. The molecular formula is C13H17N3. The summed E-state index contributed by atoms with van der Waals surface area (Å²) < 4.78 is 1.92. The molecule has 0 bridgehead atoms.